The first-order valence-corrected chi connectivity index (χ1v) is 7.96. The Morgan fingerprint density at radius 3 is 2.68 bits per heavy atom. The summed E-state index contributed by atoms with van der Waals surface area (Å²) in [4.78, 5) is 10.7. The molecular weight excluding hydrogens is 236 g/mol. The fraction of sp³-hybridized carbons (Fsp3) is 0.765. The molecule has 0 radical (unpaired) electrons. The Morgan fingerprint density at radius 1 is 1.11 bits per heavy atom. The highest BCUT2D eigenvalue weighted by Crippen LogP contribution is 2.44. The summed E-state index contributed by atoms with van der Waals surface area (Å²) in [5.41, 5.74) is 0. The van der Waals surface area contributed by atoms with E-state index in [-0.39, 0.29) is 6.10 Å². The maximum Gasteiger partial charge on any atom is 0.102 e. The lowest BCUT2D eigenvalue weighted by molar-refractivity contribution is -0.336. The SMILES string of the molecule is C=CC[C@@H]1C(/C=C/CCCCCCC)[C@H]2C[C@@H]1OO2. The van der Waals surface area contributed by atoms with Gasteiger partial charge in [0.1, 0.15) is 6.10 Å². The van der Waals surface area contributed by atoms with Crippen molar-refractivity contribution in [2.24, 2.45) is 11.8 Å². The number of unbranched alkanes of at least 4 members (excludes halogenated alkanes) is 5. The predicted octanol–water partition coefficient (Wildman–Crippen LogP) is 4.81. The fourth-order valence-corrected chi connectivity index (χ4v) is 3.33. The monoisotopic (exact) mass is 264 g/mol. The van der Waals surface area contributed by atoms with Gasteiger partial charge in [-0.1, -0.05) is 50.8 Å². The molecule has 0 aromatic rings. The Bertz CT molecular complexity index is 298. The van der Waals surface area contributed by atoms with E-state index in [2.05, 4.69) is 25.7 Å². The minimum absolute atomic E-state index is 0.284. The van der Waals surface area contributed by atoms with Crippen molar-refractivity contribution >= 4 is 0 Å². The average molecular weight is 264 g/mol. The molecule has 1 heterocycles. The highest BCUT2D eigenvalue weighted by molar-refractivity contribution is 5.06. The van der Waals surface area contributed by atoms with Crippen LogP contribution in [0, 0.1) is 11.8 Å². The third kappa shape index (κ3) is 3.93. The van der Waals surface area contributed by atoms with Crippen LogP contribution in [0.4, 0.5) is 0 Å². The smallest absolute Gasteiger partial charge is 0.102 e. The first-order valence-electron chi connectivity index (χ1n) is 7.96. The molecule has 0 N–H and O–H groups in total. The largest absolute Gasteiger partial charge is 0.233 e. The summed E-state index contributed by atoms with van der Waals surface area (Å²) in [5, 5.41) is 0. The minimum atomic E-state index is 0.284. The molecule has 2 fully saturated rings. The van der Waals surface area contributed by atoms with Gasteiger partial charge >= 0.3 is 0 Å². The first kappa shape index (κ1) is 14.8. The Morgan fingerprint density at radius 2 is 1.89 bits per heavy atom. The van der Waals surface area contributed by atoms with E-state index in [4.69, 9.17) is 9.78 Å². The Labute approximate surface area is 117 Å². The zero-order chi connectivity index (χ0) is 13.5. The Kier molecular flexibility index (Phi) is 6.12. The third-order valence-corrected chi connectivity index (χ3v) is 4.44. The van der Waals surface area contributed by atoms with Gasteiger partial charge in [0.25, 0.3) is 0 Å². The molecule has 2 bridgehead atoms. The topological polar surface area (TPSA) is 18.5 Å². The second kappa shape index (κ2) is 7.86. The van der Waals surface area contributed by atoms with Crippen molar-refractivity contribution < 1.29 is 9.78 Å². The van der Waals surface area contributed by atoms with Crippen molar-refractivity contribution in [1.82, 2.24) is 0 Å². The molecule has 2 rings (SSSR count). The Hall–Kier alpha value is -0.600. The molecule has 19 heavy (non-hydrogen) atoms. The molecule has 4 atom stereocenters. The van der Waals surface area contributed by atoms with E-state index < -0.39 is 0 Å². The van der Waals surface area contributed by atoms with Gasteiger partial charge in [-0.3, -0.25) is 0 Å². The average Bonchev–Trinajstić information content (AvgIpc) is 3.00. The summed E-state index contributed by atoms with van der Waals surface area (Å²) < 4.78 is 0. The highest BCUT2D eigenvalue weighted by atomic mass is 17.2. The molecule has 108 valence electrons. The van der Waals surface area contributed by atoms with E-state index in [0.29, 0.717) is 17.9 Å². The number of hydrogen-bond donors (Lipinski definition) is 0. The van der Waals surface area contributed by atoms with Crippen molar-refractivity contribution in [1.29, 1.82) is 0 Å². The van der Waals surface area contributed by atoms with Crippen LogP contribution in [0.2, 0.25) is 0 Å². The summed E-state index contributed by atoms with van der Waals surface area (Å²) in [6, 6.07) is 0. The molecule has 1 aliphatic carbocycles. The van der Waals surface area contributed by atoms with Crippen molar-refractivity contribution in [2.75, 3.05) is 0 Å². The minimum Gasteiger partial charge on any atom is -0.233 e. The number of hydrogen-bond acceptors (Lipinski definition) is 2. The molecule has 0 aromatic carbocycles. The van der Waals surface area contributed by atoms with Gasteiger partial charge in [0, 0.05) is 18.3 Å². The molecule has 1 aliphatic heterocycles. The quantitative estimate of drug-likeness (QED) is 0.338. The summed E-state index contributed by atoms with van der Waals surface area (Å²) in [7, 11) is 0. The zero-order valence-corrected chi connectivity index (χ0v) is 12.2. The van der Waals surface area contributed by atoms with Gasteiger partial charge in [-0.2, -0.15) is 0 Å². The summed E-state index contributed by atoms with van der Waals surface area (Å²) in [6.07, 6.45) is 17.4. The van der Waals surface area contributed by atoms with Crippen LogP contribution in [0.15, 0.2) is 24.8 Å². The second-order valence-corrected chi connectivity index (χ2v) is 5.90. The Balaban J connectivity index is 1.70. The fourth-order valence-electron chi connectivity index (χ4n) is 3.33. The second-order valence-electron chi connectivity index (χ2n) is 5.90. The zero-order valence-electron chi connectivity index (χ0n) is 12.2. The normalized spacial score (nSPS) is 33.3. The van der Waals surface area contributed by atoms with Gasteiger partial charge < -0.3 is 0 Å². The van der Waals surface area contributed by atoms with Gasteiger partial charge in [-0.25, -0.2) is 9.78 Å². The summed E-state index contributed by atoms with van der Waals surface area (Å²) in [5.74, 6) is 1.11. The maximum atomic E-state index is 5.37. The molecule has 0 aromatic heterocycles. The van der Waals surface area contributed by atoms with Gasteiger partial charge in [0.05, 0.1) is 6.10 Å². The predicted molar refractivity (Wildman–Crippen MR) is 78.7 cm³/mol. The lowest BCUT2D eigenvalue weighted by Crippen LogP contribution is -2.28. The molecule has 2 aliphatic rings. The van der Waals surface area contributed by atoms with Crippen LogP contribution in [-0.4, -0.2) is 12.2 Å². The third-order valence-electron chi connectivity index (χ3n) is 4.44. The molecule has 0 amide bonds. The van der Waals surface area contributed by atoms with Gasteiger partial charge in [0.2, 0.25) is 0 Å². The number of allylic oxidation sites excluding steroid dienone is 2. The van der Waals surface area contributed by atoms with Crippen LogP contribution >= 0.6 is 0 Å². The van der Waals surface area contributed by atoms with Crippen LogP contribution in [-0.2, 0) is 9.78 Å². The van der Waals surface area contributed by atoms with E-state index in [0.717, 1.165) is 12.8 Å². The molecule has 1 saturated heterocycles. The van der Waals surface area contributed by atoms with Crippen LogP contribution in [0.5, 0.6) is 0 Å². The molecule has 2 nitrogen and oxygen atoms in total. The van der Waals surface area contributed by atoms with Crippen LogP contribution in [0.25, 0.3) is 0 Å². The van der Waals surface area contributed by atoms with E-state index in [9.17, 15) is 0 Å². The van der Waals surface area contributed by atoms with Crippen molar-refractivity contribution in [3.63, 3.8) is 0 Å². The van der Waals surface area contributed by atoms with Gasteiger partial charge in [-0.05, 0) is 19.3 Å². The van der Waals surface area contributed by atoms with E-state index in [1.807, 2.05) is 6.08 Å². The van der Waals surface area contributed by atoms with Crippen molar-refractivity contribution in [2.45, 2.75) is 70.5 Å². The van der Waals surface area contributed by atoms with Crippen LogP contribution < -0.4 is 0 Å². The standard InChI is InChI=1S/C17H28O2/c1-3-5-6-7-8-9-10-12-15-14(11-4-2)16-13-17(15)19-18-16/h4,10,12,14-17H,2-3,5-9,11,13H2,1H3/b12-10+/t14-,15?,16+,17-/m1/s1. The summed E-state index contributed by atoms with van der Waals surface area (Å²) >= 11 is 0. The van der Waals surface area contributed by atoms with Crippen LogP contribution in [0.1, 0.15) is 58.3 Å². The van der Waals surface area contributed by atoms with E-state index in [1.165, 1.54) is 38.5 Å². The molecule has 1 unspecified atom stereocenters. The van der Waals surface area contributed by atoms with Crippen molar-refractivity contribution in [3.8, 4) is 0 Å². The van der Waals surface area contributed by atoms with Crippen LogP contribution in [0.3, 0.4) is 0 Å². The maximum absolute atomic E-state index is 5.37. The summed E-state index contributed by atoms with van der Waals surface area (Å²) in [6.45, 7) is 6.12. The number of fused-ring (bicyclic) bond motifs is 2. The molecular formula is C17H28O2. The lowest BCUT2D eigenvalue weighted by atomic mass is 9.89. The molecule has 0 spiro atoms. The highest BCUT2D eigenvalue weighted by Gasteiger charge is 2.48. The molecule has 2 heteroatoms. The van der Waals surface area contributed by atoms with Gasteiger partial charge in [0.15, 0.2) is 0 Å². The number of rotatable bonds is 9. The van der Waals surface area contributed by atoms with E-state index >= 15 is 0 Å². The van der Waals surface area contributed by atoms with E-state index in [1.54, 1.807) is 0 Å². The first-order chi connectivity index (χ1) is 9.36. The van der Waals surface area contributed by atoms with Crippen molar-refractivity contribution in [3.05, 3.63) is 24.8 Å². The lowest BCUT2D eigenvalue weighted by Gasteiger charge is -2.27. The van der Waals surface area contributed by atoms with Gasteiger partial charge in [-0.15, -0.1) is 6.58 Å². The molecule has 1 saturated carbocycles.